The van der Waals surface area contributed by atoms with Gasteiger partial charge in [-0.1, -0.05) is 0 Å². The molecule has 1 aliphatic carbocycles. The molecule has 0 spiro atoms. The number of benzene rings is 1. The third-order valence-electron chi connectivity index (χ3n) is 3.29. The van der Waals surface area contributed by atoms with Crippen molar-refractivity contribution in [3.05, 3.63) is 29.8 Å². The maximum Gasteiger partial charge on any atom is 0.416 e. The van der Waals surface area contributed by atoms with Crippen molar-refractivity contribution in [3.63, 3.8) is 0 Å². The van der Waals surface area contributed by atoms with Crippen molar-refractivity contribution >= 4 is 5.91 Å². The van der Waals surface area contributed by atoms with Crippen LogP contribution in [-0.4, -0.2) is 32.1 Å². The number of carbonyl (C=O) groups excluding carboxylic acids is 1. The molecule has 22 heavy (non-hydrogen) atoms. The average Bonchev–Trinajstić information content (AvgIpc) is 3.27. The summed E-state index contributed by atoms with van der Waals surface area (Å²) in [7, 11) is 0. The Balaban J connectivity index is 1.58. The van der Waals surface area contributed by atoms with Gasteiger partial charge in [0, 0.05) is 0 Å². The Kier molecular flexibility index (Phi) is 5.65. The number of rotatable bonds is 8. The van der Waals surface area contributed by atoms with Crippen molar-refractivity contribution in [3.8, 4) is 5.75 Å². The Morgan fingerprint density at radius 3 is 2.50 bits per heavy atom. The molecule has 1 amide bonds. The maximum atomic E-state index is 12.4. The Labute approximate surface area is 127 Å². The highest BCUT2D eigenvalue weighted by atomic mass is 19.4. The summed E-state index contributed by atoms with van der Waals surface area (Å²) >= 11 is 0. The first-order valence-electron chi connectivity index (χ1n) is 7.22. The van der Waals surface area contributed by atoms with Crippen LogP contribution in [-0.2, 0) is 11.0 Å². The first-order valence-corrected chi connectivity index (χ1v) is 7.22. The molecule has 0 bridgehead atoms. The van der Waals surface area contributed by atoms with Gasteiger partial charge in [-0.3, -0.25) is 4.79 Å². The molecular formula is C15H19F3N2O2. The third-order valence-corrected chi connectivity index (χ3v) is 3.29. The number of alkyl halides is 3. The molecule has 1 aliphatic rings. The molecule has 0 radical (unpaired) electrons. The van der Waals surface area contributed by atoms with Crippen LogP contribution in [0.1, 0.15) is 18.4 Å². The molecule has 0 heterocycles. The number of nitrogens with one attached hydrogen (secondary N) is 2. The summed E-state index contributed by atoms with van der Waals surface area (Å²) in [5, 5.41) is 5.74. The molecule has 1 fully saturated rings. The molecule has 2 N–H and O–H groups in total. The minimum atomic E-state index is -4.35. The number of carbonyl (C=O) groups is 1. The van der Waals surface area contributed by atoms with Gasteiger partial charge in [0.15, 0.2) is 0 Å². The second kappa shape index (κ2) is 7.49. The molecule has 1 aromatic rings. The monoisotopic (exact) mass is 316 g/mol. The highest BCUT2D eigenvalue weighted by molar-refractivity contribution is 5.77. The topological polar surface area (TPSA) is 50.4 Å². The van der Waals surface area contributed by atoms with Gasteiger partial charge in [0.25, 0.3) is 0 Å². The number of hydrogen-bond donors (Lipinski definition) is 2. The Hall–Kier alpha value is -1.76. The largest absolute Gasteiger partial charge is 0.492 e. The van der Waals surface area contributed by atoms with Crippen LogP contribution >= 0.6 is 0 Å². The van der Waals surface area contributed by atoms with Crippen LogP contribution in [0.4, 0.5) is 13.2 Å². The quantitative estimate of drug-likeness (QED) is 0.723. The fraction of sp³-hybridized carbons (Fsp3) is 0.533. The van der Waals surface area contributed by atoms with Gasteiger partial charge in [0.2, 0.25) is 5.91 Å². The molecule has 2 rings (SSSR count). The van der Waals surface area contributed by atoms with Crippen molar-refractivity contribution in [1.82, 2.24) is 10.6 Å². The maximum absolute atomic E-state index is 12.4. The first-order chi connectivity index (χ1) is 10.4. The molecule has 1 aromatic carbocycles. The predicted molar refractivity (Wildman–Crippen MR) is 75.5 cm³/mol. The van der Waals surface area contributed by atoms with Gasteiger partial charge in [0.05, 0.1) is 18.7 Å². The lowest BCUT2D eigenvalue weighted by atomic mass is 10.2. The number of ether oxygens (including phenoxy) is 1. The molecule has 7 heteroatoms. The molecular weight excluding hydrogens is 297 g/mol. The number of halogens is 3. The van der Waals surface area contributed by atoms with Crippen molar-refractivity contribution < 1.29 is 22.7 Å². The minimum Gasteiger partial charge on any atom is -0.492 e. The van der Waals surface area contributed by atoms with E-state index >= 15 is 0 Å². The van der Waals surface area contributed by atoms with E-state index in [4.69, 9.17) is 4.74 Å². The molecule has 0 unspecified atom stereocenters. The molecule has 0 atom stereocenters. The highest BCUT2D eigenvalue weighted by Crippen LogP contribution is 2.30. The fourth-order valence-corrected chi connectivity index (χ4v) is 1.87. The van der Waals surface area contributed by atoms with Crippen LogP contribution in [0.2, 0.25) is 0 Å². The van der Waals surface area contributed by atoms with Gasteiger partial charge in [-0.15, -0.1) is 0 Å². The van der Waals surface area contributed by atoms with Crippen molar-refractivity contribution in [1.29, 1.82) is 0 Å². The van der Waals surface area contributed by atoms with E-state index in [1.807, 2.05) is 0 Å². The molecule has 0 saturated heterocycles. The Morgan fingerprint density at radius 2 is 1.91 bits per heavy atom. The van der Waals surface area contributed by atoms with E-state index in [1.165, 1.54) is 25.0 Å². The van der Waals surface area contributed by atoms with Crippen LogP contribution in [0.5, 0.6) is 5.75 Å². The summed E-state index contributed by atoms with van der Waals surface area (Å²) in [6.45, 7) is 1.66. The summed E-state index contributed by atoms with van der Waals surface area (Å²) in [5.74, 6) is 0.946. The van der Waals surface area contributed by atoms with Gasteiger partial charge in [-0.2, -0.15) is 13.2 Å². The number of hydrogen-bond acceptors (Lipinski definition) is 3. The Bertz CT molecular complexity index is 485. The average molecular weight is 316 g/mol. The minimum absolute atomic E-state index is 0.114. The molecule has 0 aliphatic heterocycles. The van der Waals surface area contributed by atoms with Crippen molar-refractivity contribution in [2.75, 3.05) is 26.2 Å². The fourth-order valence-electron chi connectivity index (χ4n) is 1.87. The zero-order valence-corrected chi connectivity index (χ0v) is 12.1. The summed E-state index contributed by atoms with van der Waals surface area (Å²) in [4.78, 5) is 11.5. The second-order valence-electron chi connectivity index (χ2n) is 5.29. The third kappa shape index (κ3) is 5.93. The smallest absolute Gasteiger partial charge is 0.416 e. The van der Waals surface area contributed by atoms with Crippen LogP contribution in [0.15, 0.2) is 24.3 Å². The van der Waals surface area contributed by atoms with Crippen LogP contribution in [0.3, 0.4) is 0 Å². The molecule has 4 nitrogen and oxygen atoms in total. The molecule has 1 saturated carbocycles. The first kappa shape index (κ1) is 16.6. The van der Waals surface area contributed by atoms with E-state index in [0.29, 0.717) is 12.3 Å². The number of amides is 1. The summed E-state index contributed by atoms with van der Waals surface area (Å²) in [5.41, 5.74) is -0.713. The van der Waals surface area contributed by atoms with E-state index in [0.717, 1.165) is 24.6 Å². The van der Waals surface area contributed by atoms with Crippen LogP contribution in [0, 0.1) is 5.92 Å². The van der Waals surface area contributed by atoms with E-state index in [9.17, 15) is 18.0 Å². The van der Waals surface area contributed by atoms with Crippen LogP contribution in [0.25, 0.3) is 0 Å². The zero-order valence-electron chi connectivity index (χ0n) is 12.1. The van der Waals surface area contributed by atoms with Gasteiger partial charge in [-0.25, -0.2) is 0 Å². The SMILES string of the molecule is O=C(CNCC1CC1)NCCOc1ccc(C(F)(F)F)cc1. The van der Waals surface area contributed by atoms with Crippen molar-refractivity contribution in [2.45, 2.75) is 19.0 Å². The Morgan fingerprint density at radius 1 is 1.23 bits per heavy atom. The van der Waals surface area contributed by atoms with Crippen LogP contribution < -0.4 is 15.4 Å². The van der Waals surface area contributed by atoms with Gasteiger partial charge in [-0.05, 0) is 49.6 Å². The van der Waals surface area contributed by atoms with Gasteiger partial charge >= 0.3 is 6.18 Å². The summed E-state index contributed by atoms with van der Waals surface area (Å²) in [6.07, 6.45) is -1.88. The standard InChI is InChI=1S/C15H19F3N2O2/c16-15(17,18)12-3-5-13(6-4-12)22-8-7-20-14(21)10-19-9-11-1-2-11/h3-6,11,19H,1-2,7-10H2,(H,20,21). The normalized spacial score (nSPS) is 14.7. The molecule has 122 valence electrons. The van der Waals surface area contributed by atoms with E-state index in [-0.39, 0.29) is 19.1 Å². The van der Waals surface area contributed by atoms with Gasteiger partial charge in [0.1, 0.15) is 12.4 Å². The van der Waals surface area contributed by atoms with Crippen molar-refractivity contribution in [2.24, 2.45) is 5.92 Å². The van der Waals surface area contributed by atoms with E-state index in [1.54, 1.807) is 0 Å². The van der Waals surface area contributed by atoms with E-state index < -0.39 is 11.7 Å². The lowest BCUT2D eigenvalue weighted by Crippen LogP contribution is -2.36. The summed E-state index contributed by atoms with van der Waals surface area (Å²) < 4.78 is 42.4. The highest BCUT2D eigenvalue weighted by Gasteiger charge is 2.30. The predicted octanol–water partition coefficient (Wildman–Crippen LogP) is 2.20. The van der Waals surface area contributed by atoms with E-state index in [2.05, 4.69) is 10.6 Å². The summed E-state index contributed by atoms with van der Waals surface area (Å²) in [6, 6.07) is 4.47. The molecule has 0 aromatic heterocycles. The lowest BCUT2D eigenvalue weighted by molar-refractivity contribution is -0.137. The lowest BCUT2D eigenvalue weighted by Gasteiger charge is -2.10. The zero-order chi connectivity index (χ0) is 16.0. The second-order valence-corrected chi connectivity index (χ2v) is 5.29. The van der Waals surface area contributed by atoms with Gasteiger partial charge < -0.3 is 15.4 Å².